The number of nitrogens with zero attached hydrogens (tertiary/aromatic N) is 2. The zero-order valence-corrected chi connectivity index (χ0v) is 10.5. The van der Waals surface area contributed by atoms with Crippen molar-refractivity contribution >= 4 is 28.9 Å². The highest BCUT2D eigenvalue weighted by Gasteiger charge is 2.07. The Morgan fingerprint density at radius 3 is 2.89 bits per heavy atom. The van der Waals surface area contributed by atoms with Crippen LogP contribution in [0, 0.1) is 0 Å². The van der Waals surface area contributed by atoms with Crippen molar-refractivity contribution in [2.75, 3.05) is 5.32 Å². The molecule has 18 heavy (non-hydrogen) atoms. The van der Waals surface area contributed by atoms with Crippen molar-refractivity contribution in [3.63, 3.8) is 0 Å². The number of carboxylic acid groups (broad SMARTS) is 1. The number of aromatic nitrogens is 2. The number of aromatic carboxylic acids is 1. The number of hydrogen-bond donors (Lipinski definition) is 2. The van der Waals surface area contributed by atoms with Crippen LogP contribution in [0.25, 0.3) is 0 Å². The molecule has 0 fully saturated rings. The maximum atomic E-state index is 10.8. The lowest BCUT2D eigenvalue weighted by molar-refractivity contribution is 0.0697. The average Bonchev–Trinajstić information content (AvgIpc) is 2.79. The molecule has 0 spiro atoms. The number of benzene rings is 1. The van der Waals surface area contributed by atoms with Gasteiger partial charge >= 0.3 is 5.97 Å². The standard InChI is InChI=1S/C12H12ClN3O2/c1-2-16-7-9(6-14-16)15-11-4-3-8(12(17)18)5-10(11)13/h3-7,15H,2H2,1H3,(H,17,18). The fraction of sp³-hybridized carbons (Fsp3) is 0.167. The summed E-state index contributed by atoms with van der Waals surface area (Å²) in [6.07, 6.45) is 3.53. The minimum atomic E-state index is -0.998. The third-order valence-electron chi connectivity index (χ3n) is 2.45. The first kappa shape index (κ1) is 12.4. The first-order valence-electron chi connectivity index (χ1n) is 5.42. The quantitative estimate of drug-likeness (QED) is 0.892. The molecule has 0 unspecified atom stereocenters. The maximum Gasteiger partial charge on any atom is 0.335 e. The molecule has 0 saturated carbocycles. The van der Waals surface area contributed by atoms with Crippen LogP contribution in [0.2, 0.25) is 5.02 Å². The van der Waals surface area contributed by atoms with E-state index in [-0.39, 0.29) is 5.56 Å². The molecule has 0 radical (unpaired) electrons. The number of anilines is 2. The number of carboxylic acids is 1. The Balaban J connectivity index is 2.21. The van der Waals surface area contributed by atoms with Gasteiger partial charge in [0, 0.05) is 12.7 Å². The number of aryl methyl sites for hydroxylation is 1. The highest BCUT2D eigenvalue weighted by molar-refractivity contribution is 6.33. The molecule has 0 atom stereocenters. The van der Waals surface area contributed by atoms with Gasteiger partial charge in [-0.1, -0.05) is 11.6 Å². The number of hydrogen-bond acceptors (Lipinski definition) is 3. The van der Waals surface area contributed by atoms with Crippen LogP contribution in [-0.2, 0) is 6.54 Å². The molecule has 5 nitrogen and oxygen atoms in total. The molecule has 2 rings (SSSR count). The van der Waals surface area contributed by atoms with E-state index in [4.69, 9.17) is 16.7 Å². The minimum Gasteiger partial charge on any atom is -0.478 e. The van der Waals surface area contributed by atoms with Gasteiger partial charge in [-0.05, 0) is 25.1 Å². The van der Waals surface area contributed by atoms with Crippen molar-refractivity contribution in [1.82, 2.24) is 9.78 Å². The summed E-state index contributed by atoms with van der Waals surface area (Å²) >= 11 is 6.01. The minimum absolute atomic E-state index is 0.162. The summed E-state index contributed by atoms with van der Waals surface area (Å²) in [6, 6.07) is 4.55. The van der Waals surface area contributed by atoms with Crippen LogP contribution >= 0.6 is 11.6 Å². The molecular formula is C12H12ClN3O2. The van der Waals surface area contributed by atoms with Crippen LogP contribution in [0.1, 0.15) is 17.3 Å². The average molecular weight is 266 g/mol. The van der Waals surface area contributed by atoms with Gasteiger partial charge in [-0.2, -0.15) is 5.10 Å². The van der Waals surface area contributed by atoms with Crippen molar-refractivity contribution in [2.24, 2.45) is 0 Å². The highest BCUT2D eigenvalue weighted by Crippen LogP contribution is 2.26. The van der Waals surface area contributed by atoms with Crippen LogP contribution in [0.3, 0.4) is 0 Å². The van der Waals surface area contributed by atoms with Crippen LogP contribution < -0.4 is 5.32 Å². The lowest BCUT2D eigenvalue weighted by atomic mass is 10.2. The maximum absolute atomic E-state index is 10.8. The third kappa shape index (κ3) is 2.62. The smallest absolute Gasteiger partial charge is 0.335 e. The van der Waals surface area contributed by atoms with E-state index >= 15 is 0 Å². The summed E-state index contributed by atoms with van der Waals surface area (Å²) in [5, 5.41) is 16.4. The van der Waals surface area contributed by atoms with Crippen molar-refractivity contribution < 1.29 is 9.90 Å². The lowest BCUT2D eigenvalue weighted by Gasteiger charge is -2.06. The predicted molar refractivity (Wildman–Crippen MR) is 69.6 cm³/mol. The van der Waals surface area contributed by atoms with Gasteiger partial charge in [0.1, 0.15) is 0 Å². The summed E-state index contributed by atoms with van der Waals surface area (Å²) in [5.41, 5.74) is 1.62. The van der Waals surface area contributed by atoms with E-state index < -0.39 is 5.97 Å². The second-order valence-electron chi connectivity index (χ2n) is 3.71. The van der Waals surface area contributed by atoms with E-state index in [9.17, 15) is 4.79 Å². The van der Waals surface area contributed by atoms with Gasteiger partial charge in [-0.15, -0.1) is 0 Å². The molecular weight excluding hydrogens is 254 g/mol. The van der Waals surface area contributed by atoms with Gasteiger partial charge in [-0.3, -0.25) is 4.68 Å². The summed E-state index contributed by atoms with van der Waals surface area (Å²) in [7, 11) is 0. The molecule has 2 aromatic rings. The first-order valence-corrected chi connectivity index (χ1v) is 5.80. The van der Waals surface area contributed by atoms with E-state index in [0.29, 0.717) is 10.7 Å². The zero-order valence-electron chi connectivity index (χ0n) is 9.72. The molecule has 1 heterocycles. The molecule has 0 saturated heterocycles. The van der Waals surface area contributed by atoms with Crippen LogP contribution in [0.4, 0.5) is 11.4 Å². The van der Waals surface area contributed by atoms with Gasteiger partial charge in [0.15, 0.2) is 0 Å². The monoisotopic (exact) mass is 265 g/mol. The van der Waals surface area contributed by atoms with Crippen molar-refractivity contribution in [3.8, 4) is 0 Å². The second kappa shape index (κ2) is 5.10. The SMILES string of the molecule is CCn1cc(Nc2ccc(C(=O)O)cc2Cl)cn1. The van der Waals surface area contributed by atoms with Gasteiger partial charge < -0.3 is 10.4 Å². The van der Waals surface area contributed by atoms with E-state index in [0.717, 1.165) is 12.2 Å². The van der Waals surface area contributed by atoms with Gasteiger partial charge in [0.25, 0.3) is 0 Å². The second-order valence-corrected chi connectivity index (χ2v) is 4.12. The molecule has 0 aliphatic rings. The lowest BCUT2D eigenvalue weighted by Crippen LogP contribution is -1.97. The number of halogens is 1. The van der Waals surface area contributed by atoms with Crippen molar-refractivity contribution in [2.45, 2.75) is 13.5 Å². The molecule has 6 heteroatoms. The van der Waals surface area contributed by atoms with E-state index in [1.54, 1.807) is 16.9 Å². The Morgan fingerprint density at radius 2 is 2.33 bits per heavy atom. The summed E-state index contributed by atoms with van der Waals surface area (Å²) in [4.78, 5) is 10.8. The van der Waals surface area contributed by atoms with Crippen LogP contribution in [-0.4, -0.2) is 20.9 Å². The topological polar surface area (TPSA) is 67.2 Å². The Morgan fingerprint density at radius 1 is 1.56 bits per heavy atom. The Hall–Kier alpha value is -2.01. The molecule has 1 aromatic heterocycles. The number of nitrogens with one attached hydrogen (secondary N) is 1. The summed E-state index contributed by atoms with van der Waals surface area (Å²) in [5.74, 6) is -0.998. The van der Waals surface area contributed by atoms with Crippen LogP contribution in [0.15, 0.2) is 30.6 Å². The molecule has 0 bridgehead atoms. The van der Waals surface area contributed by atoms with Gasteiger partial charge in [0.2, 0.25) is 0 Å². The predicted octanol–water partition coefficient (Wildman–Crippen LogP) is 3.00. The van der Waals surface area contributed by atoms with Crippen molar-refractivity contribution in [3.05, 3.63) is 41.2 Å². The Kier molecular flexibility index (Phi) is 3.53. The fourth-order valence-electron chi connectivity index (χ4n) is 1.51. The van der Waals surface area contributed by atoms with Crippen LogP contribution in [0.5, 0.6) is 0 Å². The Labute approximate surface area is 109 Å². The van der Waals surface area contributed by atoms with E-state index in [1.165, 1.54) is 12.1 Å². The third-order valence-corrected chi connectivity index (χ3v) is 2.76. The molecule has 2 N–H and O–H groups in total. The van der Waals surface area contributed by atoms with Gasteiger partial charge in [-0.25, -0.2) is 4.79 Å². The Bertz CT molecular complexity index is 580. The number of carbonyl (C=O) groups is 1. The largest absolute Gasteiger partial charge is 0.478 e. The molecule has 0 amide bonds. The zero-order chi connectivity index (χ0) is 13.1. The number of rotatable bonds is 4. The van der Waals surface area contributed by atoms with E-state index in [2.05, 4.69) is 10.4 Å². The summed E-state index contributed by atoms with van der Waals surface area (Å²) in [6.45, 7) is 2.78. The highest BCUT2D eigenvalue weighted by atomic mass is 35.5. The molecule has 0 aliphatic carbocycles. The molecule has 1 aromatic carbocycles. The molecule has 94 valence electrons. The van der Waals surface area contributed by atoms with Crippen molar-refractivity contribution in [1.29, 1.82) is 0 Å². The molecule has 0 aliphatic heterocycles. The van der Waals surface area contributed by atoms with Gasteiger partial charge in [0.05, 0.1) is 28.2 Å². The summed E-state index contributed by atoms with van der Waals surface area (Å²) < 4.78 is 1.78. The fourth-order valence-corrected chi connectivity index (χ4v) is 1.73. The first-order chi connectivity index (χ1) is 8.60. The normalized spacial score (nSPS) is 10.3. The van der Waals surface area contributed by atoms with E-state index in [1.807, 2.05) is 13.1 Å².